The van der Waals surface area contributed by atoms with Crippen LogP contribution in [0.4, 0.5) is 4.39 Å². The van der Waals surface area contributed by atoms with E-state index in [1.807, 2.05) is 0 Å². The molecule has 0 aromatic heterocycles. The zero-order valence-electron chi connectivity index (χ0n) is 11.3. The summed E-state index contributed by atoms with van der Waals surface area (Å²) in [4.78, 5) is 0. The minimum Gasteiger partial charge on any atom is -0.423 e. The van der Waals surface area contributed by atoms with Crippen LogP contribution in [0, 0.1) is 11.7 Å². The fourth-order valence-electron chi connectivity index (χ4n) is 2.76. The van der Waals surface area contributed by atoms with Gasteiger partial charge in [0.05, 0.1) is 0 Å². The normalized spacial score (nSPS) is 19.2. The van der Waals surface area contributed by atoms with Gasteiger partial charge in [0, 0.05) is 5.46 Å². The predicted molar refractivity (Wildman–Crippen MR) is 76.5 cm³/mol. The third-order valence-corrected chi connectivity index (χ3v) is 3.87. The van der Waals surface area contributed by atoms with Gasteiger partial charge in [0.25, 0.3) is 0 Å². The molecule has 4 heteroatoms. The highest BCUT2D eigenvalue weighted by Crippen LogP contribution is 2.32. The van der Waals surface area contributed by atoms with E-state index in [-0.39, 0.29) is 5.46 Å². The van der Waals surface area contributed by atoms with Crippen molar-refractivity contribution in [2.75, 3.05) is 0 Å². The topological polar surface area (TPSA) is 40.5 Å². The first-order valence-corrected chi connectivity index (χ1v) is 6.96. The van der Waals surface area contributed by atoms with Crippen molar-refractivity contribution in [3.05, 3.63) is 35.7 Å². The van der Waals surface area contributed by atoms with Crippen molar-refractivity contribution in [1.29, 1.82) is 0 Å². The fraction of sp³-hybridized carbons (Fsp3) is 0.467. The molecule has 19 heavy (non-hydrogen) atoms. The van der Waals surface area contributed by atoms with Gasteiger partial charge in [0.1, 0.15) is 5.82 Å². The Balaban J connectivity index is 2.13. The van der Waals surface area contributed by atoms with Crippen molar-refractivity contribution < 1.29 is 14.4 Å². The molecule has 1 atom stereocenters. The molecule has 0 bridgehead atoms. The van der Waals surface area contributed by atoms with Crippen LogP contribution in [0.3, 0.4) is 0 Å². The zero-order chi connectivity index (χ0) is 13.8. The van der Waals surface area contributed by atoms with Gasteiger partial charge in [-0.2, -0.15) is 0 Å². The first-order valence-electron chi connectivity index (χ1n) is 6.96. The van der Waals surface area contributed by atoms with Crippen LogP contribution < -0.4 is 5.46 Å². The van der Waals surface area contributed by atoms with Crippen LogP contribution in [-0.4, -0.2) is 17.2 Å². The second-order valence-electron chi connectivity index (χ2n) is 5.27. The maximum Gasteiger partial charge on any atom is 0.491 e. The minimum atomic E-state index is -1.75. The molecular weight excluding hydrogens is 242 g/mol. The maximum atomic E-state index is 13.7. The predicted octanol–water partition coefficient (Wildman–Crippen LogP) is 2.49. The lowest BCUT2D eigenvalue weighted by Crippen LogP contribution is -2.32. The van der Waals surface area contributed by atoms with E-state index in [9.17, 15) is 4.39 Å². The Morgan fingerprint density at radius 3 is 2.68 bits per heavy atom. The molecular formula is C15H20BFO2. The molecule has 2 rings (SSSR count). The minimum absolute atomic E-state index is 0.0657. The van der Waals surface area contributed by atoms with Gasteiger partial charge >= 0.3 is 7.12 Å². The summed E-state index contributed by atoms with van der Waals surface area (Å²) >= 11 is 0. The van der Waals surface area contributed by atoms with Gasteiger partial charge in [0.2, 0.25) is 0 Å². The van der Waals surface area contributed by atoms with Crippen LogP contribution in [0.1, 0.15) is 44.6 Å². The van der Waals surface area contributed by atoms with Crippen molar-refractivity contribution in [3.8, 4) is 0 Å². The lowest BCUT2D eigenvalue weighted by Gasteiger charge is -2.21. The number of halogens is 1. The molecule has 1 unspecified atom stereocenters. The molecule has 0 radical (unpaired) electrons. The summed E-state index contributed by atoms with van der Waals surface area (Å²) in [6.45, 7) is 2.20. The summed E-state index contributed by atoms with van der Waals surface area (Å²) < 4.78 is 13.7. The average molecular weight is 262 g/mol. The van der Waals surface area contributed by atoms with Gasteiger partial charge < -0.3 is 10.0 Å². The van der Waals surface area contributed by atoms with E-state index in [1.54, 1.807) is 6.07 Å². The summed E-state index contributed by atoms with van der Waals surface area (Å²) in [6, 6.07) is 4.62. The Labute approximate surface area is 114 Å². The molecule has 0 aliphatic heterocycles. The van der Waals surface area contributed by atoms with E-state index in [2.05, 4.69) is 13.0 Å². The summed E-state index contributed by atoms with van der Waals surface area (Å²) in [7, 11) is -1.75. The quantitative estimate of drug-likeness (QED) is 0.818. The van der Waals surface area contributed by atoms with Crippen molar-refractivity contribution in [1.82, 2.24) is 0 Å². The Morgan fingerprint density at radius 1 is 1.37 bits per heavy atom. The SMILES string of the molecule is CCCC1CC=C(c2ccc(B(O)O)c(F)c2)CC1. The van der Waals surface area contributed by atoms with Crippen LogP contribution >= 0.6 is 0 Å². The van der Waals surface area contributed by atoms with Gasteiger partial charge in [-0.3, -0.25) is 0 Å². The monoisotopic (exact) mass is 262 g/mol. The highest BCUT2D eigenvalue weighted by atomic mass is 19.1. The zero-order valence-corrected chi connectivity index (χ0v) is 11.3. The standard InChI is InChI=1S/C15H20BFO2/c1-2-3-11-4-6-12(7-5-11)13-8-9-14(16(18)19)15(17)10-13/h6,8-11,18-19H,2-5,7H2,1H3. The van der Waals surface area contributed by atoms with E-state index in [0.717, 1.165) is 30.7 Å². The van der Waals surface area contributed by atoms with Gasteiger partial charge in [-0.05, 0) is 42.4 Å². The fourth-order valence-corrected chi connectivity index (χ4v) is 2.76. The van der Waals surface area contributed by atoms with Crippen LogP contribution in [-0.2, 0) is 0 Å². The second-order valence-corrected chi connectivity index (χ2v) is 5.27. The molecule has 0 fully saturated rings. The molecule has 1 aliphatic carbocycles. The number of hydrogen-bond acceptors (Lipinski definition) is 2. The number of benzene rings is 1. The van der Waals surface area contributed by atoms with Crippen molar-refractivity contribution in [2.24, 2.45) is 5.92 Å². The highest BCUT2D eigenvalue weighted by molar-refractivity contribution is 6.58. The van der Waals surface area contributed by atoms with E-state index in [4.69, 9.17) is 10.0 Å². The van der Waals surface area contributed by atoms with E-state index < -0.39 is 12.9 Å². The summed E-state index contributed by atoms with van der Waals surface area (Å²) in [5.74, 6) is 0.209. The largest absolute Gasteiger partial charge is 0.491 e. The van der Waals surface area contributed by atoms with Gasteiger partial charge in [0.15, 0.2) is 0 Å². The van der Waals surface area contributed by atoms with Crippen molar-refractivity contribution >= 4 is 18.2 Å². The second kappa shape index (κ2) is 6.35. The number of rotatable bonds is 4. The van der Waals surface area contributed by atoms with Crippen LogP contribution in [0.5, 0.6) is 0 Å². The van der Waals surface area contributed by atoms with E-state index in [0.29, 0.717) is 0 Å². The van der Waals surface area contributed by atoms with E-state index in [1.165, 1.54) is 30.5 Å². The molecule has 0 heterocycles. The molecule has 0 spiro atoms. The van der Waals surface area contributed by atoms with Crippen molar-refractivity contribution in [2.45, 2.75) is 39.0 Å². The maximum absolute atomic E-state index is 13.7. The first kappa shape index (κ1) is 14.3. The van der Waals surface area contributed by atoms with Crippen molar-refractivity contribution in [3.63, 3.8) is 0 Å². The Morgan fingerprint density at radius 2 is 2.16 bits per heavy atom. The Kier molecular flexibility index (Phi) is 4.78. The third kappa shape index (κ3) is 3.45. The average Bonchev–Trinajstić information content (AvgIpc) is 2.39. The number of allylic oxidation sites excluding steroid dienone is 2. The Bertz CT molecular complexity index is 471. The molecule has 2 nitrogen and oxygen atoms in total. The van der Waals surface area contributed by atoms with Crippen LogP contribution in [0.25, 0.3) is 5.57 Å². The lowest BCUT2D eigenvalue weighted by atomic mass is 9.78. The molecule has 1 aromatic carbocycles. The Hall–Kier alpha value is -1.13. The molecule has 102 valence electrons. The summed E-state index contributed by atoms with van der Waals surface area (Å²) in [6.07, 6.45) is 7.87. The summed E-state index contributed by atoms with van der Waals surface area (Å²) in [5, 5.41) is 18.0. The van der Waals surface area contributed by atoms with Crippen LogP contribution in [0.2, 0.25) is 0 Å². The lowest BCUT2D eigenvalue weighted by molar-refractivity contribution is 0.423. The molecule has 0 amide bonds. The summed E-state index contributed by atoms with van der Waals surface area (Å²) in [5.41, 5.74) is 1.96. The number of hydrogen-bond donors (Lipinski definition) is 2. The van der Waals surface area contributed by atoms with Gasteiger partial charge in [-0.1, -0.05) is 38.0 Å². The molecule has 1 aliphatic rings. The molecule has 0 saturated heterocycles. The third-order valence-electron chi connectivity index (χ3n) is 3.87. The molecule has 2 N–H and O–H groups in total. The molecule has 1 aromatic rings. The van der Waals surface area contributed by atoms with Gasteiger partial charge in [-0.25, -0.2) is 4.39 Å². The molecule has 0 saturated carbocycles. The van der Waals surface area contributed by atoms with Crippen LogP contribution in [0.15, 0.2) is 24.3 Å². The first-order chi connectivity index (χ1) is 9.11. The van der Waals surface area contributed by atoms with Gasteiger partial charge in [-0.15, -0.1) is 0 Å². The smallest absolute Gasteiger partial charge is 0.423 e. The van der Waals surface area contributed by atoms with E-state index >= 15 is 0 Å². The highest BCUT2D eigenvalue weighted by Gasteiger charge is 2.19.